The Balaban J connectivity index is 0.00000178. The number of piperazine rings is 1. The van der Waals surface area contributed by atoms with E-state index in [1.165, 1.54) is 28.1 Å². The zero-order chi connectivity index (χ0) is 25.1. The molecule has 0 spiro atoms. The molecule has 1 aliphatic heterocycles. The Morgan fingerprint density at radius 3 is 1.74 bits per heavy atom. The van der Waals surface area contributed by atoms with Crippen molar-refractivity contribution in [1.82, 2.24) is 19.8 Å². The Morgan fingerprint density at radius 2 is 1.23 bits per heavy atom. The number of halogens is 3. The lowest BCUT2D eigenvalue weighted by molar-refractivity contribution is 0.0599. The molecular formula is C32H41Cl3N4. The molecule has 0 amide bonds. The first-order chi connectivity index (χ1) is 17.5. The Labute approximate surface area is 252 Å². The first-order valence-electron chi connectivity index (χ1n) is 13.2. The molecule has 0 aliphatic carbocycles. The van der Waals surface area contributed by atoms with E-state index in [0.29, 0.717) is 12.0 Å². The molecule has 5 rings (SSSR count). The Morgan fingerprint density at radius 1 is 0.692 bits per heavy atom. The molecule has 1 unspecified atom stereocenters. The number of nitrogens with one attached hydrogen (secondary N) is 1. The predicted molar refractivity (Wildman–Crippen MR) is 171 cm³/mol. The minimum Gasteiger partial charge on any atom is -0.342 e. The summed E-state index contributed by atoms with van der Waals surface area (Å²) in [6.45, 7) is 13.1. The van der Waals surface area contributed by atoms with E-state index in [2.05, 4.69) is 127 Å². The molecule has 4 aromatic rings. The van der Waals surface area contributed by atoms with Crippen molar-refractivity contribution in [3.05, 3.63) is 113 Å². The van der Waals surface area contributed by atoms with Gasteiger partial charge in [-0.25, -0.2) is 4.98 Å². The van der Waals surface area contributed by atoms with E-state index in [1.54, 1.807) is 0 Å². The van der Waals surface area contributed by atoms with Gasteiger partial charge in [-0.05, 0) is 37.0 Å². The van der Waals surface area contributed by atoms with Crippen LogP contribution in [0.5, 0.6) is 0 Å². The van der Waals surface area contributed by atoms with Crippen molar-refractivity contribution in [1.29, 1.82) is 0 Å². The quantitative estimate of drug-likeness (QED) is 0.237. The highest BCUT2D eigenvalue weighted by molar-refractivity contribution is 5.86. The number of benzene rings is 3. The van der Waals surface area contributed by atoms with E-state index in [1.807, 2.05) is 0 Å². The second-order valence-corrected chi connectivity index (χ2v) is 10.4. The van der Waals surface area contributed by atoms with Crippen LogP contribution in [0.15, 0.2) is 84.9 Å². The zero-order valence-corrected chi connectivity index (χ0v) is 25.7. The van der Waals surface area contributed by atoms with Crippen molar-refractivity contribution in [3.63, 3.8) is 0 Å². The molecule has 1 fully saturated rings. The van der Waals surface area contributed by atoms with Gasteiger partial charge in [-0.2, -0.15) is 0 Å². The molecule has 4 nitrogen and oxygen atoms in total. The molecule has 1 saturated heterocycles. The molecule has 0 saturated carbocycles. The van der Waals surface area contributed by atoms with Gasteiger partial charge in [-0.3, -0.25) is 9.80 Å². The number of rotatable bonds is 7. The second kappa shape index (κ2) is 14.9. The van der Waals surface area contributed by atoms with Crippen molar-refractivity contribution < 1.29 is 0 Å². The zero-order valence-electron chi connectivity index (χ0n) is 23.2. The molecule has 1 N–H and O–H groups in total. The van der Waals surface area contributed by atoms with Crippen LogP contribution in [0.3, 0.4) is 0 Å². The van der Waals surface area contributed by atoms with Gasteiger partial charge in [0.1, 0.15) is 5.82 Å². The maximum atomic E-state index is 5.16. The van der Waals surface area contributed by atoms with Gasteiger partial charge in [0.2, 0.25) is 0 Å². The average Bonchev–Trinajstić information content (AvgIpc) is 3.27. The summed E-state index contributed by atoms with van der Waals surface area (Å²) in [6.07, 6.45) is 0. The molecule has 2 heterocycles. The van der Waals surface area contributed by atoms with E-state index in [4.69, 9.17) is 4.98 Å². The third-order valence-corrected chi connectivity index (χ3v) is 7.46. The smallest absolute Gasteiger partial charge is 0.137 e. The van der Waals surface area contributed by atoms with Gasteiger partial charge in [0.05, 0.1) is 17.8 Å². The van der Waals surface area contributed by atoms with Crippen molar-refractivity contribution in [2.45, 2.75) is 39.8 Å². The Kier molecular flexibility index (Phi) is 12.5. The lowest BCUT2D eigenvalue weighted by Gasteiger charge is -2.43. The SMILES string of the molecule is Cc1cccc(-c2nc(C(C(C)C)N3CCN(C(c4ccccc4)c4ccccc4)CC3)c(C)[nH]2)c1.Cl.Cl.Cl. The third-order valence-electron chi connectivity index (χ3n) is 7.46. The minimum atomic E-state index is 0. The fourth-order valence-electron chi connectivity index (χ4n) is 5.76. The number of nitrogens with zero attached hydrogens (tertiary/aromatic N) is 3. The average molecular weight is 588 g/mol. The van der Waals surface area contributed by atoms with Crippen LogP contribution in [0.25, 0.3) is 11.4 Å². The summed E-state index contributed by atoms with van der Waals surface area (Å²) < 4.78 is 0. The highest BCUT2D eigenvalue weighted by Crippen LogP contribution is 2.35. The summed E-state index contributed by atoms with van der Waals surface area (Å²) in [5.41, 5.74) is 7.51. The number of aryl methyl sites for hydroxylation is 2. The maximum absolute atomic E-state index is 5.16. The van der Waals surface area contributed by atoms with Gasteiger partial charge in [-0.1, -0.05) is 98.3 Å². The van der Waals surface area contributed by atoms with E-state index >= 15 is 0 Å². The molecule has 0 bridgehead atoms. The predicted octanol–water partition coefficient (Wildman–Crippen LogP) is 8.06. The van der Waals surface area contributed by atoms with Gasteiger partial charge in [-0.15, -0.1) is 37.2 Å². The van der Waals surface area contributed by atoms with Crippen LogP contribution >= 0.6 is 37.2 Å². The summed E-state index contributed by atoms with van der Waals surface area (Å²) >= 11 is 0. The number of H-pyrrole nitrogens is 1. The number of imidazole rings is 1. The van der Waals surface area contributed by atoms with Crippen molar-refractivity contribution in [2.24, 2.45) is 5.92 Å². The normalized spacial score (nSPS) is 14.8. The van der Waals surface area contributed by atoms with E-state index < -0.39 is 0 Å². The molecule has 1 aliphatic rings. The summed E-state index contributed by atoms with van der Waals surface area (Å²) in [6, 6.07) is 31.1. The fraction of sp³-hybridized carbons (Fsp3) is 0.344. The number of aromatic amines is 1. The molecule has 1 atom stereocenters. The van der Waals surface area contributed by atoms with Gasteiger partial charge in [0, 0.05) is 37.4 Å². The first kappa shape index (κ1) is 32.9. The first-order valence-corrected chi connectivity index (χ1v) is 13.2. The molecule has 0 radical (unpaired) electrons. The van der Waals surface area contributed by atoms with E-state index in [0.717, 1.165) is 37.6 Å². The fourth-order valence-corrected chi connectivity index (χ4v) is 5.76. The Bertz CT molecular complexity index is 1230. The number of hydrogen-bond acceptors (Lipinski definition) is 3. The third kappa shape index (κ3) is 7.45. The molecule has 39 heavy (non-hydrogen) atoms. The van der Waals surface area contributed by atoms with Crippen molar-refractivity contribution in [3.8, 4) is 11.4 Å². The summed E-state index contributed by atoms with van der Waals surface area (Å²) in [4.78, 5) is 14.0. The summed E-state index contributed by atoms with van der Waals surface area (Å²) in [5, 5.41) is 0. The topological polar surface area (TPSA) is 35.2 Å². The van der Waals surface area contributed by atoms with Crippen LogP contribution in [0.4, 0.5) is 0 Å². The minimum absolute atomic E-state index is 0. The summed E-state index contributed by atoms with van der Waals surface area (Å²) in [5.74, 6) is 1.45. The van der Waals surface area contributed by atoms with Gasteiger partial charge < -0.3 is 4.98 Å². The van der Waals surface area contributed by atoms with Gasteiger partial charge >= 0.3 is 0 Å². The van der Waals surface area contributed by atoms with Crippen LogP contribution in [0, 0.1) is 19.8 Å². The highest BCUT2D eigenvalue weighted by Gasteiger charge is 2.33. The van der Waals surface area contributed by atoms with Crippen molar-refractivity contribution >= 4 is 37.2 Å². The lowest BCUT2D eigenvalue weighted by atomic mass is 9.94. The van der Waals surface area contributed by atoms with E-state index in [9.17, 15) is 0 Å². The van der Waals surface area contributed by atoms with Gasteiger partial charge in [0.25, 0.3) is 0 Å². The van der Waals surface area contributed by atoms with E-state index in [-0.39, 0.29) is 43.3 Å². The Hall–Kier alpha value is -2.34. The highest BCUT2D eigenvalue weighted by atomic mass is 35.5. The monoisotopic (exact) mass is 586 g/mol. The standard InChI is InChI=1S/C32H38N4.3ClH/c1-23(2)30(29-25(4)33-32(34-29)28-17-11-12-24(3)22-28)35-18-20-36(21-19-35)31(26-13-7-5-8-14-26)27-15-9-6-10-16-27;;;/h5-17,22-23,30-31H,18-21H2,1-4H3,(H,33,34);3*1H. The number of hydrogen-bond donors (Lipinski definition) is 1. The van der Waals surface area contributed by atoms with Crippen LogP contribution < -0.4 is 0 Å². The molecular weight excluding hydrogens is 547 g/mol. The van der Waals surface area contributed by atoms with Crippen LogP contribution in [-0.4, -0.2) is 45.9 Å². The largest absolute Gasteiger partial charge is 0.342 e. The van der Waals surface area contributed by atoms with Gasteiger partial charge in [0.15, 0.2) is 0 Å². The van der Waals surface area contributed by atoms with Crippen molar-refractivity contribution in [2.75, 3.05) is 26.2 Å². The molecule has 3 aromatic carbocycles. The molecule has 1 aromatic heterocycles. The molecule has 210 valence electrons. The number of aromatic nitrogens is 2. The lowest BCUT2D eigenvalue weighted by Crippen LogP contribution is -2.50. The summed E-state index contributed by atoms with van der Waals surface area (Å²) in [7, 11) is 0. The van der Waals surface area contributed by atoms with Crippen LogP contribution in [-0.2, 0) is 0 Å². The second-order valence-electron chi connectivity index (χ2n) is 10.4. The maximum Gasteiger partial charge on any atom is 0.137 e. The molecule has 7 heteroatoms. The van der Waals surface area contributed by atoms with Crippen LogP contribution in [0.2, 0.25) is 0 Å². The van der Waals surface area contributed by atoms with Crippen LogP contribution in [0.1, 0.15) is 54.0 Å².